The predicted octanol–water partition coefficient (Wildman–Crippen LogP) is 4.35. The van der Waals surface area contributed by atoms with E-state index in [9.17, 15) is 0 Å². The zero-order valence-corrected chi connectivity index (χ0v) is 13.2. The number of aromatic nitrogens is 1. The first kappa shape index (κ1) is 13.3. The normalized spacial score (nSPS) is 28.4. The van der Waals surface area contributed by atoms with Crippen molar-refractivity contribution in [3.8, 4) is 0 Å². The first-order valence-corrected chi connectivity index (χ1v) is 8.16. The van der Waals surface area contributed by atoms with Crippen molar-refractivity contribution in [2.24, 2.45) is 5.92 Å². The van der Waals surface area contributed by atoms with Gasteiger partial charge in [-0.1, -0.05) is 26.8 Å². The highest BCUT2D eigenvalue weighted by atomic mass is 15.0. The molecule has 3 unspecified atom stereocenters. The van der Waals surface area contributed by atoms with Crippen LogP contribution >= 0.6 is 0 Å². The Morgan fingerprint density at radius 3 is 2.71 bits per heavy atom. The van der Waals surface area contributed by atoms with E-state index in [-0.39, 0.29) is 5.41 Å². The van der Waals surface area contributed by atoms with Gasteiger partial charge in [-0.05, 0) is 59.2 Å². The molecule has 21 heavy (non-hydrogen) atoms. The predicted molar refractivity (Wildman–Crippen MR) is 87.4 cm³/mol. The second kappa shape index (κ2) is 4.54. The Morgan fingerprint density at radius 2 is 2.05 bits per heavy atom. The molecule has 2 heteroatoms. The molecule has 4 rings (SSSR count). The van der Waals surface area contributed by atoms with Gasteiger partial charge in [0.1, 0.15) is 0 Å². The minimum Gasteiger partial charge on any atom is -0.307 e. The van der Waals surface area contributed by atoms with E-state index in [4.69, 9.17) is 0 Å². The van der Waals surface area contributed by atoms with Gasteiger partial charge in [0.05, 0.1) is 0 Å². The second-order valence-electron chi connectivity index (χ2n) is 7.83. The van der Waals surface area contributed by atoms with Crippen LogP contribution in [0.1, 0.15) is 57.2 Å². The molecule has 1 aromatic heterocycles. The monoisotopic (exact) mass is 280 g/mol. The van der Waals surface area contributed by atoms with Crippen LogP contribution in [0.25, 0.3) is 10.8 Å². The number of hydrogen-bond acceptors (Lipinski definition) is 2. The SMILES string of the molecule is CC(C)(C)c1cc(C2NC3CCC2C3)c2ccncc2c1. The summed E-state index contributed by atoms with van der Waals surface area (Å²) in [5.41, 5.74) is 3.09. The highest BCUT2D eigenvalue weighted by Gasteiger charge is 2.40. The van der Waals surface area contributed by atoms with Crippen LogP contribution in [-0.4, -0.2) is 11.0 Å². The maximum absolute atomic E-state index is 4.33. The Hall–Kier alpha value is -1.41. The van der Waals surface area contributed by atoms with Crippen LogP contribution in [0, 0.1) is 5.92 Å². The van der Waals surface area contributed by atoms with Crippen molar-refractivity contribution in [2.75, 3.05) is 0 Å². The first-order valence-electron chi connectivity index (χ1n) is 8.16. The molecule has 3 atom stereocenters. The lowest BCUT2D eigenvalue weighted by molar-refractivity contribution is 0.393. The van der Waals surface area contributed by atoms with Gasteiger partial charge >= 0.3 is 0 Å². The van der Waals surface area contributed by atoms with Crippen molar-refractivity contribution in [1.29, 1.82) is 0 Å². The summed E-state index contributed by atoms with van der Waals surface area (Å²) >= 11 is 0. The molecular weight excluding hydrogens is 256 g/mol. The number of fused-ring (bicyclic) bond motifs is 3. The molecular formula is C19H24N2. The summed E-state index contributed by atoms with van der Waals surface area (Å²) in [6.07, 6.45) is 8.04. The molecule has 2 bridgehead atoms. The van der Waals surface area contributed by atoms with E-state index in [0.29, 0.717) is 6.04 Å². The van der Waals surface area contributed by atoms with E-state index in [2.05, 4.69) is 49.3 Å². The number of rotatable bonds is 1. The number of hydrogen-bond donors (Lipinski definition) is 1. The molecule has 2 fully saturated rings. The lowest BCUT2D eigenvalue weighted by atomic mass is 9.82. The van der Waals surface area contributed by atoms with E-state index >= 15 is 0 Å². The minimum atomic E-state index is 0.177. The van der Waals surface area contributed by atoms with Crippen LogP contribution in [0.4, 0.5) is 0 Å². The standard InChI is InChI=1S/C19H24N2/c1-19(2,3)14-8-13-11-20-7-6-16(13)17(10-14)18-12-4-5-15(9-12)21-18/h6-8,10-12,15,18,21H,4-5,9H2,1-3H3. The van der Waals surface area contributed by atoms with Crippen LogP contribution in [0.2, 0.25) is 0 Å². The average molecular weight is 280 g/mol. The molecule has 1 aromatic carbocycles. The fourth-order valence-electron chi connectivity index (χ4n) is 4.13. The summed E-state index contributed by atoms with van der Waals surface area (Å²) in [6, 6.07) is 8.23. The summed E-state index contributed by atoms with van der Waals surface area (Å²) in [5.74, 6) is 0.821. The molecule has 0 amide bonds. The molecule has 0 radical (unpaired) electrons. The van der Waals surface area contributed by atoms with Crippen LogP contribution < -0.4 is 5.32 Å². The Kier molecular flexibility index (Phi) is 2.87. The summed E-state index contributed by atoms with van der Waals surface area (Å²) in [7, 11) is 0. The van der Waals surface area contributed by atoms with Gasteiger partial charge in [-0.3, -0.25) is 4.98 Å². The maximum Gasteiger partial charge on any atom is 0.0357 e. The highest BCUT2D eigenvalue weighted by molar-refractivity contribution is 5.86. The number of nitrogens with zero attached hydrogens (tertiary/aromatic N) is 1. The van der Waals surface area contributed by atoms with Crippen LogP contribution in [0.15, 0.2) is 30.6 Å². The number of nitrogens with one attached hydrogen (secondary N) is 1. The Bertz CT molecular complexity index is 684. The molecule has 110 valence electrons. The van der Waals surface area contributed by atoms with Crippen molar-refractivity contribution in [1.82, 2.24) is 10.3 Å². The van der Waals surface area contributed by atoms with Crippen molar-refractivity contribution < 1.29 is 0 Å². The van der Waals surface area contributed by atoms with E-state index in [0.717, 1.165) is 12.0 Å². The Balaban J connectivity index is 1.90. The minimum absolute atomic E-state index is 0.177. The van der Waals surface area contributed by atoms with E-state index < -0.39 is 0 Å². The fourth-order valence-corrected chi connectivity index (χ4v) is 4.13. The smallest absolute Gasteiger partial charge is 0.0357 e. The van der Waals surface area contributed by atoms with Gasteiger partial charge in [0.2, 0.25) is 0 Å². The third-order valence-corrected chi connectivity index (χ3v) is 5.35. The maximum atomic E-state index is 4.33. The zero-order valence-electron chi connectivity index (χ0n) is 13.2. The lowest BCUT2D eigenvalue weighted by Gasteiger charge is -2.28. The topological polar surface area (TPSA) is 24.9 Å². The zero-order chi connectivity index (χ0) is 14.6. The van der Waals surface area contributed by atoms with Gasteiger partial charge in [-0.15, -0.1) is 0 Å². The molecule has 2 heterocycles. The van der Waals surface area contributed by atoms with Crippen LogP contribution in [-0.2, 0) is 5.41 Å². The van der Waals surface area contributed by atoms with Gasteiger partial charge in [0.15, 0.2) is 0 Å². The van der Waals surface area contributed by atoms with Gasteiger partial charge in [0, 0.05) is 29.9 Å². The first-order chi connectivity index (χ1) is 10.0. The van der Waals surface area contributed by atoms with Crippen molar-refractivity contribution in [3.63, 3.8) is 0 Å². The van der Waals surface area contributed by atoms with Gasteiger partial charge < -0.3 is 5.32 Å². The quantitative estimate of drug-likeness (QED) is 0.840. The van der Waals surface area contributed by atoms with E-state index in [1.165, 1.54) is 41.2 Å². The van der Waals surface area contributed by atoms with Gasteiger partial charge in [-0.25, -0.2) is 0 Å². The average Bonchev–Trinajstić information content (AvgIpc) is 3.07. The summed E-state index contributed by atoms with van der Waals surface area (Å²) in [6.45, 7) is 6.88. The summed E-state index contributed by atoms with van der Waals surface area (Å²) in [4.78, 5) is 4.33. The molecule has 1 N–H and O–H groups in total. The largest absolute Gasteiger partial charge is 0.307 e. The van der Waals surface area contributed by atoms with Gasteiger partial charge in [0.25, 0.3) is 0 Å². The Morgan fingerprint density at radius 1 is 1.19 bits per heavy atom. The van der Waals surface area contributed by atoms with Gasteiger partial charge in [-0.2, -0.15) is 0 Å². The van der Waals surface area contributed by atoms with Crippen molar-refractivity contribution in [2.45, 2.75) is 57.5 Å². The molecule has 0 spiro atoms. The molecule has 2 nitrogen and oxygen atoms in total. The molecule has 1 saturated carbocycles. The molecule has 1 aliphatic carbocycles. The Labute approximate surface area is 127 Å². The van der Waals surface area contributed by atoms with Crippen LogP contribution in [0.3, 0.4) is 0 Å². The number of pyridine rings is 1. The molecule has 1 aliphatic heterocycles. The fraction of sp³-hybridized carbons (Fsp3) is 0.526. The van der Waals surface area contributed by atoms with Crippen molar-refractivity contribution >= 4 is 10.8 Å². The number of piperidine rings is 1. The van der Waals surface area contributed by atoms with Crippen molar-refractivity contribution in [3.05, 3.63) is 41.7 Å². The van der Waals surface area contributed by atoms with Crippen LogP contribution in [0.5, 0.6) is 0 Å². The second-order valence-corrected chi connectivity index (χ2v) is 7.83. The molecule has 2 aromatic rings. The van der Waals surface area contributed by atoms with E-state index in [1.54, 1.807) is 0 Å². The number of benzene rings is 1. The summed E-state index contributed by atoms with van der Waals surface area (Å²) < 4.78 is 0. The highest BCUT2D eigenvalue weighted by Crippen LogP contribution is 2.45. The molecule has 1 saturated heterocycles. The van der Waals surface area contributed by atoms with E-state index in [1.807, 2.05) is 12.4 Å². The third kappa shape index (κ3) is 2.17. The lowest BCUT2D eigenvalue weighted by Crippen LogP contribution is -2.29. The molecule has 2 aliphatic rings. The third-order valence-electron chi connectivity index (χ3n) is 5.35. The summed E-state index contributed by atoms with van der Waals surface area (Å²) in [5, 5.41) is 6.52.